The number of rotatable bonds is 6. The fraction of sp³-hybridized carbons (Fsp3) is 0.643. The van der Waals surface area contributed by atoms with Crippen LogP contribution in [0.15, 0.2) is 12.1 Å². The van der Waals surface area contributed by atoms with Gasteiger partial charge in [-0.05, 0) is 37.8 Å². The van der Waals surface area contributed by atoms with Crippen LogP contribution in [-0.2, 0) is 6.42 Å². The van der Waals surface area contributed by atoms with E-state index in [-0.39, 0.29) is 5.91 Å². The quantitative estimate of drug-likeness (QED) is 0.834. The zero-order chi connectivity index (χ0) is 13.8. The molecule has 102 valence electrons. The topological polar surface area (TPSA) is 49.3 Å². The number of nitrogens with one attached hydrogen (secondary N) is 1. The van der Waals surface area contributed by atoms with Crippen molar-refractivity contribution in [2.45, 2.75) is 46.1 Å². The molecule has 0 spiro atoms. The first-order valence-electron chi connectivity index (χ1n) is 6.43. The second kappa shape index (κ2) is 6.34. The molecule has 1 heterocycles. The lowest BCUT2D eigenvalue weighted by Crippen LogP contribution is -2.41. The molecular weight excluding hydrogens is 246 g/mol. The van der Waals surface area contributed by atoms with Crippen LogP contribution in [0.5, 0.6) is 0 Å². The third-order valence-corrected chi connectivity index (χ3v) is 3.94. The van der Waals surface area contributed by atoms with Crippen LogP contribution in [0.25, 0.3) is 0 Å². The van der Waals surface area contributed by atoms with Crippen LogP contribution in [0.3, 0.4) is 0 Å². The van der Waals surface area contributed by atoms with Crippen LogP contribution >= 0.6 is 11.3 Å². The number of aryl methyl sites for hydroxylation is 1. The van der Waals surface area contributed by atoms with Crippen molar-refractivity contribution in [3.63, 3.8) is 0 Å². The van der Waals surface area contributed by atoms with Crippen LogP contribution < -0.4 is 5.32 Å². The van der Waals surface area contributed by atoms with E-state index in [1.54, 1.807) is 6.92 Å². The summed E-state index contributed by atoms with van der Waals surface area (Å²) in [7, 11) is 0. The summed E-state index contributed by atoms with van der Waals surface area (Å²) in [5.74, 6) is 0.314. The fourth-order valence-corrected chi connectivity index (χ4v) is 2.86. The highest BCUT2D eigenvalue weighted by Gasteiger charge is 2.23. The number of carbonyl (C=O) groups excluding carboxylic acids is 1. The second-order valence-electron chi connectivity index (χ2n) is 5.40. The van der Waals surface area contributed by atoms with E-state index < -0.39 is 5.60 Å². The van der Waals surface area contributed by atoms with Gasteiger partial charge in [0.25, 0.3) is 5.91 Å². The molecule has 18 heavy (non-hydrogen) atoms. The van der Waals surface area contributed by atoms with E-state index in [0.717, 1.165) is 6.42 Å². The highest BCUT2D eigenvalue weighted by atomic mass is 32.1. The zero-order valence-electron chi connectivity index (χ0n) is 11.6. The molecule has 0 saturated carbocycles. The van der Waals surface area contributed by atoms with E-state index in [2.05, 4.69) is 26.1 Å². The first-order chi connectivity index (χ1) is 8.34. The largest absolute Gasteiger partial charge is 0.388 e. The summed E-state index contributed by atoms with van der Waals surface area (Å²) >= 11 is 1.51. The molecule has 2 N–H and O–H groups in total. The molecule has 1 unspecified atom stereocenters. The van der Waals surface area contributed by atoms with E-state index in [1.807, 2.05) is 12.1 Å². The van der Waals surface area contributed by atoms with Crippen molar-refractivity contribution in [3.8, 4) is 0 Å². The molecule has 3 nitrogen and oxygen atoms in total. The van der Waals surface area contributed by atoms with Gasteiger partial charge in [0.2, 0.25) is 0 Å². The molecule has 0 fully saturated rings. The molecule has 1 aromatic rings. The Morgan fingerprint density at radius 2 is 2.17 bits per heavy atom. The number of hydrogen-bond acceptors (Lipinski definition) is 3. The molecule has 1 rings (SSSR count). The molecule has 0 aromatic carbocycles. The van der Waals surface area contributed by atoms with E-state index in [4.69, 9.17) is 0 Å². The Morgan fingerprint density at radius 3 is 2.67 bits per heavy atom. The number of thiophene rings is 1. The van der Waals surface area contributed by atoms with Crippen molar-refractivity contribution in [1.82, 2.24) is 5.32 Å². The first kappa shape index (κ1) is 15.2. The van der Waals surface area contributed by atoms with Gasteiger partial charge in [-0.2, -0.15) is 0 Å². The predicted molar refractivity (Wildman–Crippen MR) is 76.1 cm³/mol. The van der Waals surface area contributed by atoms with Gasteiger partial charge in [0.05, 0.1) is 10.5 Å². The lowest BCUT2D eigenvalue weighted by molar-refractivity contribution is 0.0369. The number of hydrogen-bond donors (Lipinski definition) is 2. The average Bonchev–Trinajstić information content (AvgIpc) is 2.72. The standard InChI is InChI=1S/C14H23NO2S/c1-5-11-6-7-12(18-11)13(16)15-9-14(4,17)8-10(2)3/h6-7,10,17H,5,8-9H2,1-4H3,(H,15,16). The molecule has 4 heteroatoms. The van der Waals surface area contributed by atoms with Crippen LogP contribution in [0, 0.1) is 5.92 Å². The summed E-state index contributed by atoms with van der Waals surface area (Å²) in [5, 5.41) is 12.9. The summed E-state index contributed by atoms with van der Waals surface area (Å²) in [6, 6.07) is 3.82. The minimum absolute atomic E-state index is 0.0938. The molecule has 0 saturated heterocycles. The summed E-state index contributed by atoms with van der Waals surface area (Å²) < 4.78 is 0. The third kappa shape index (κ3) is 4.78. The minimum Gasteiger partial charge on any atom is -0.388 e. The van der Waals surface area contributed by atoms with Gasteiger partial charge in [0, 0.05) is 11.4 Å². The third-order valence-electron chi connectivity index (χ3n) is 2.71. The van der Waals surface area contributed by atoms with Gasteiger partial charge < -0.3 is 10.4 Å². The highest BCUT2D eigenvalue weighted by molar-refractivity contribution is 7.14. The maximum Gasteiger partial charge on any atom is 0.261 e. The fourth-order valence-electron chi connectivity index (χ4n) is 2.00. The van der Waals surface area contributed by atoms with E-state index in [1.165, 1.54) is 16.2 Å². The van der Waals surface area contributed by atoms with Crippen molar-refractivity contribution < 1.29 is 9.90 Å². The Morgan fingerprint density at radius 1 is 1.50 bits per heavy atom. The lowest BCUT2D eigenvalue weighted by atomic mass is 9.94. The monoisotopic (exact) mass is 269 g/mol. The van der Waals surface area contributed by atoms with Gasteiger partial charge in [-0.15, -0.1) is 11.3 Å². The molecule has 1 amide bonds. The molecule has 0 radical (unpaired) electrons. The molecule has 0 aliphatic carbocycles. The minimum atomic E-state index is -0.839. The van der Waals surface area contributed by atoms with Gasteiger partial charge in [-0.3, -0.25) is 4.79 Å². The van der Waals surface area contributed by atoms with Gasteiger partial charge in [0.1, 0.15) is 0 Å². The molecular formula is C14H23NO2S. The average molecular weight is 269 g/mol. The summed E-state index contributed by atoms with van der Waals surface area (Å²) in [6.45, 7) is 8.25. The molecule has 0 aliphatic rings. The van der Waals surface area contributed by atoms with E-state index in [9.17, 15) is 9.90 Å². The maximum atomic E-state index is 11.9. The van der Waals surface area contributed by atoms with Crippen LogP contribution in [0.4, 0.5) is 0 Å². The summed E-state index contributed by atoms with van der Waals surface area (Å²) in [5.41, 5.74) is -0.839. The van der Waals surface area contributed by atoms with Crippen molar-refractivity contribution >= 4 is 17.2 Å². The van der Waals surface area contributed by atoms with Crippen LogP contribution in [0.2, 0.25) is 0 Å². The zero-order valence-corrected chi connectivity index (χ0v) is 12.4. The second-order valence-corrected chi connectivity index (χ2v) is 6.57. The predicted octanol–water partition coefficient (Wildman–Crippen LogP) is 2.84. The Bertz CT molecular complexity index is 396. The van der Waals surface area contributed by atoms with E-state index in [0.29, 0.717) is 23.8 Å². The summed E-state index contributed by atoms with van der Waals surface area (Å²) in [4.78, 5) is 13.8. The van der Waals surface area contributed by atoms with Crippen LogP contribution in [-0.4, -0.2) is 23.2 Å². The van der Waals surface area contributed by atoms with Gasteiger partial charge in [-0.1, -0.05) is 20.8 Å². The van der Waals surface area contributed by atoms with Crippen molar-refractivity contribution in [1.29, 1.82) is 0 Å². The Kier molecular flexibility index (Phi) is 5.35. The van der Waals surface area contributed by atoms with Crippen LogP contribution in [0.1, 0.15) is 48.7 Å². The molecule has 0 bridgehead atoms. The van der Waals surface area contributed by atoms with Gasteiger partial charge in [-0.25, -0.2) is 0 Å². The first-order valence-corrected chi connectivity index (χ1v) is 7.25. The Hall–Kier alpha value is -0.870. The normalized spacial score (nSPS) is 14.6. The SMILES string of the molecule is CCc1ccc(C(=O)NCC(C)(O)CC(C)C)s1. The lowest BCUT2D eigenvalue weighted by Gasteiger charge is -2.25. The maximum absolute atomic E-state index is 11.9. The van der Waals surface area contributed by atoms with Gasteiger partial charge >= 0.3 is 0 Å². The smallest absolute Gasteiger partial charge is 0.261 e. The summed E-state index contributed by atoms with van der Waals surface area (Å²) in [6.07, 6.45) is 1.63. The number of amides is 1. The Balaban J connectivity index is 2.50. The molecule has 1 aromatic heterocycles. The van der Waals surface area contributed by atoms with Crippen molar-refractivity contribution in [3.05, 3.63) is 21.9 Å². The number of carbonyl (C=O) groups is 1. The number of aliphatic hydroxyl groups is 1. The van der Waals surface area contributed by atoms with Gasteiger partial charge in [0.15, 0.2) is 0 Å². The molecule has 1 atom stereocenters. The van der Waals surface area contributed by atoms with Crippen molar-refractivity contribution in [2.24, 2.45) is 5.92 Å². The van der Waals surface area contributed by atoms with E-state index >= 15 is 0 Å². The van der Waals surface area contributed by atoms with Crippen molar-refractivity contribution in [2.75, 3.05) is 6.54 Å². The Labute approximate surface area is 113 Å². The highest BCUT2D eigenvalue weighted by Crippen LogP contribution is 2.18. The molecule has 0 aliphatic heterocycles.